The lowest BCUT2D eigenvalue weighted by atomic mass is 10.2. The summed E-state index contributed by atoms with van der Waals surface area (Å²) in [7, 11) is 1.59. The number of ether oxygens (including phenoxy) is 1. The molecule has 0 bridgehead atoms. The maximum absolute atomic E-state index is 11.3. The van der Waals surface area contributed by atoms with Gasteiger partial charge in [-0.05, 0) is 17.7 Å². The number of nitro groups is 1. The fraction of sp³-hybridized carbons (Fsp3) is 0.111. The monoisotopic (exact) mass is 377 g/mol. The summed E-state index contributed by atoms with van der Waals surface area (Å²) in [6, 6.07) is 8.89. The van der Waals surface area contributed by atoms with E-state index < -0.39 is 4.92 Å². The fourth-order valence-corrected chi connectivity index (χ4v) is 2.32. The molecule has 0 saturated heterocycles. The summed E-state index contributed by atoms with van der Waals surface area (Å²) in [5.74, 6) is 1.63. The summed E-state index contributed by atoms with van der Waals surface area (Å²) in [5, 5.41) is 17.3. The molecule has 0 aliphatic heterocycles. The highest BCUT2D eigenvalue weighted by atomic mass is 16.6. The average Bonchev–Trinajstić information content (AvgIpc) is 2.73. The lowest BCUT2D eigenvalue weighted by Crippen LogP contribution is -2.05. The van der Waals surface area contributed by atoms with Gasteiger partial charge in [-0.15, -0.1) is 4.98 Å². The molecule has 28 heavy (non-hydrogen) atoms. The predicted octanol–water partition coefficient (Wildman–Crippen LogP) is 3.69. The van der Waals surface area contributed by atoms with Crippen molar-refractivity contribution in [3.05, 3.63) is 76.0 Å². The first kappa shape index (κ1) is 18.5. The Labute approximate surface area is 160 Å². The van der Waals surface area contributed by atoms with E-state index in [0.29, 0.717) is 23.9 Å². The zero-order valence-corrected chi connectivity index (χ0v) is 14.8. The van der Waals surface area contributed by atoms with E-state index in [0.717, 1.165) is 11.3 Å². The Morgan fingerprint density at radius 3 is 2.50 bits per heavy atom. The number of rotatable bonds is 7. The van der Waals surface area contributed by atoms with Crippen molar-refractivity contribution in [1.29, 1.82) is 0 Å². The summed E-state index contributed by atoms with van der Waals surface area (Å²) in [5.41, 5.74) is 1.10. The molecule has 10 nitrogen and oxygen atoms in total. The van der Waals surface area contributed by atoms with Crippen LogP contribution in [0.25, 0.3) is 4.85 Å². The van der Waals surface area contributed by atoms with Crippen LogP contribution in [-0.4, -0.2) is 27.0 Å². The number of aromatic nitrogens is 3. The largest absolute Gasteiger partial charge is 0.497 e. The number of pyridine rings is 1. The van der Waals surface area contributed by atoms with Crippen LogP contribution >= 0.6 is 0 Å². The van der Waals surface area contributed by atoms with Crippen LogP contribution in [-0.2, 0) is 6.54 Å². The second kappa shape index (κ2) is 8.41. The molecule has 0 atom stereocenters. The molecule has 0 aliphatic rings. The van der Waals surface area contributed by atoms with Crippen LogP contribution in [0.2, 0.25) is 0 Å². The molecule has 2 heterocycles. The van der Waals surface area contributed by atoms with E-state index in [1.54, 1.807) is 7.11 Å². The van der Waals surface area contributed by atoms with Gasteiger partial charge in [0.25, 0.3) is 5.82 Å². The first-order valence-corrected chi connectivity index (χ1v) is 8.07. The number of anilines is 3. The van der Waals surface area contributed by atoms with Crippen molar-refractivity contribution >= 4 is 28.8 Å². The van der Waals surface area contributed by atoms with Gasteiger partial charge in [-0.25, -0.2) is 9.97 Å². The van der Waals surface area contributed by atoms with Crippen molar-refractivity contribution in [1.82, 2.24) is 15.0 Å². The van der Waals surface area contributed by atoms with Gasteiger partial charge in [-0.1, -0.05) is 18.7 Å². The minimum Gasteiger partial charge on any atom is -0.497 e. The van der Waals surface area contributed by atoms with Crippen LogP contribution in [0.4, 0.5) is 28.8 Å². The minimum atomic E-state index is -0.502. The van der Waals surface area contributed by atoms with E-state index >= 15 is 0 Å². The molecular formula is C18H15N7O3. The summed E-state index contributed by atoms with van der Waals surface area (Å²) in [4.78, 5) is 26.0. The van der Waals surface area contributed by atoms with Gasteiger partial charge in [0, 0.05) is 12.6 Å². The minimum absolute atomic E-state index is 0.145. The van der Waals surface area contributed by atoms with Crippen LogP contribution in [0.15, 0.2) is 48.9 Å². The van der Waals surface area contributed by atoms with Crippen LogP contribution in [0.1, 0.15) is 5.56 Å². The molecule has 140 valence electrons. The quantitative estimate of drug-likeness (QED) is 0.363. The van der Waals surface area contributed by atoms with Crippen LogP contribution < -0.4 is 15.4 Å². The van der Waals surface area contributed by atoms with Gasteiger partial charge in [-0.3, -0.25) is 10.1 Å². The van der Waals surface area contributed by atoms with Crippen molar-refractivity contribution in [2.45, 2.75) is 6.54 Å². The molecule has 0 amide bonds. The standard InChI is InChI=1S/C18H15N7O3/c1-19-17-10-23-18(11-22-17)24-16-7-14(15(9-21-16)25(26)27)20-8-12-3-5-13(28-2)6-4-12/h3-7,9-11H,8H2,2H3,(H2,20,21,23,24). The van der Waals surface area contributed by atoms with E-state index in [4.69, 9.17) is 11.3 Å². The Kier molecular flexibility index (Phi) is 5.57. The molecule has 0 radical (unpaired) electrons. The van der Waals surface area contributed by atoms with Crippen molar-refractivity contribution < 1.29 is 9.66 Å². The normalized spacial score (nSPS) is 10.0. The molecule has 10 heteroatoms. The third-order valence-corrected chi connectivity index (χ3v) is 3.73. The second-order valence-corrected chi connectivity index (χ2v) is 5.54. The van der Waals surface area contributed by atoms with Crippen molar-refractivity contribution in [2.75, 3.05) is 17.7 Å². The van der Waals surface area contributed by atoms with E-state index in [-0.39, 0.29) is 11.5 Å². The van der Waals surface area contributed by atoms with Gasteiger partial charge < -0.3 is 20.2 Å². The van der Waals surface area contributed by atoms with Gasteiger partial charge in [0.15, 0.2) is 12.0 Å². The number of hydrogen-bond acceptors (Lipinski definition) is 8. The zero-order chi connectivity index (χ0) is 19.9. The molecule has 0 saturated carbocycles. The lowest BCUT2D eigenvalue weighted by molar-refractivity contribution is -0.384. The summed E-state index contributed by atoms with van der Waals surface area (Å²) < 4.78 is 5.12. The molecule has 2 N–H and O–H groups in total. The lowest BCUT2D eigenvalue weighted by Gasteiger charge is -2.10. The van der Waals surface area contributed by atoms with Crippen LogP contribution in [0.5, 0.6) is 5.75 Å². The van der Waals surface area contributed by atoms with E-state index in [2.05, 4.69) is 30.4 Å². The molecule has 1 aromatic carbocycles. The van der Waals surface area contributed by atoms with E-state index in [1.807, 2.05) is 24.3 Å². The SMILES string of the molecule is [C-]#[N+]c1cnc(Nc2cc(NCc3ccc(OC)cc3)c([N+](=O)[O-])cn2)cn1. The highest BCUT2D eigenvalue weighted by Crippen LogP contribution is 2.27. The molecular weight excluding hydrogens is 362 g/mol. The Balaban J connectivity index is 1.78. The fourth-order valence-electron chi connectivity index (χ4n) is 2.32. The number of nitrogens with one attached hydrogen (secondary N) is 2. The Morgan fingerprint density at radius 2 is 1.89 bits per heavy atom. The predicted molar refractivity (Wildman–Crippen MR) is 103 cm³/mol. The van der Waals surface area contributed by atoms with Crippen molar-refractivity contribution in [2.24, 2.45) is 0 Å². The van der Waals surface area contributed by atoms with Gasteiger partial charge in [0.2, 0.25) is 0 Å². The second-order valence-electron chi connectivity index (χ2n) is 5.54. The third kappa shape index (κ3) is 4.47. The summed E-state index contributed by atoms with van der Waals surface area (Å²) in [6.07, 6.45) is 3.88. The highest BCUT2D eigenvalue weighted by Gasteiger charge is 2.16. The maximum Gasteiger partial charge on any atom is 0.310 e. The average molecular weight is 377 g/mol. The molecule has 3 rings (SSSR count). The molecule has 3 aromatic rings. The van der Waals surface area contributed by atoms with Crippen molar-refractivity contribution in [3.8, 4) is 5.75 Å². The maximum atomic E-state index is 11.3. The number of hydrogen-bond donors (Lipinski definition) is 2. The van der Waals surface area contributed by atoms with Crippen LogP contribution in [0, 0.1) is 16.7 Å². The van der Waals surface area contributed by atoms with Gasteiger partial charge in [0.05, 0.1) is 18.2 Å². The molecule has 0 aliphatic carbocycles. The molecule has 0 fully saturated rings. The molecule has 2 aromatic heterocycles. The third-order valence-electron chi connectivity index (χ3n) is 3.73. The Bertz CT molecular complexity index is 1010. The highest BCUT2D eigenvalue weighted by molar-refractivity contribution is 5.67. The number of nitrogens with zero attached hydrogens (tertiary/aromatic N) is 5. The zero-order valence-electron chi connectivity index (χ0n) is 14.8. The Hall–Kier alpha value is -4.26. The van der Waals surface area contributed by atoms with Gasteiger partial charge in [-0.2, -0.15) is 0 Å². The number of methoxy groups -OCH3 is 1. The first-order valence-electron chi connectivity index (χ1n) is 8.07. The number of benzene rings is 1. The summed E-state index contributed by atoms with van der Waals surface area (Å²) >= 11 is 0. The van der Waals surface area contributed by atoms with Gasteiger partial charge in [0.1, 0.15) is 23.5 Å². The smallest absolute Gasteiger partial charge is 0.310 e. The first-order chi connectivity index (χ1) is 13.6. The van der Waals surface area contributed by atoms with Gasteiger partial charge >= 0.3 is 5.69 Å². The van der Waals surface area contributed by atoms with Crippen LogP contribution in [0.3, 0.4) is 0 Å². The van der Waals surface area contributed by atoms with E-state index in [9.17, 15) is 10.1 Å². The summed E-state index contributed by atoms with van der Waals surface area (Å²) in [6.45, 7) is 7.26. The Morgan fingerprint density at radius 1 is 1.14 bits per heavy atom. The molecule has 0 spiro atoms. The molecule has 0 unspecified atom stereocenters. The topological polar surface area (TPSA) is 119 Å². The van der Waals surface area contributed by atoms with E-state index in [1.165, 1.54) is 24.7 Å². The van der Waals surface area contributed by atoms with Crippen molar-refractivity contribution in [3.63, 3.8) is 0 Å².